The molecule has 6 nitrogen and oxygen atoms in total. The van der Waals surface area contributed by atoms with Crippen molar-refractivity contribution < 1.29 is 0 Å². The highest BCUT2D eigenvalue weighted by Crippen LogP contribution is 2.17. The van der Waals surface area contributed by atoms with E-state index < -0.39 is 0 Å². The van der Waals surface area contributed by atoms with Crippen molar-refractivity contribution in [2.24, 2.45) is 0 Å². The van der Waals surface area contributed by atoms with E-state index in [0.717, 1.165) is 16.3 Å². The van der Waals surface area contributed by atoms with Gasteiger partial charge in [-0.3, -0.25) is 0 Å². The van der Waals surface area contributed by atoms with Crippen molar-refractivity contribution in [2.75, 3.05) is 5.32 Å². The summed E-state index contributed by atoms with van der Waals surface area (Å²) in [4.78, 5) is 5.21. The standard InChI is InChI=1S/C10H10N6S/c1-6-3-4-8(14-13-6)11-9-12-10-16(15-9)7(2)5-17-10/h3-5H,1-2H3,(H,11,14,15). The molecule has 7 heteroatoms. The van der Waals surface area contributed by atoms with E-state index in [9.17, 15) is 0 Å². The fraction of sp³-hybridized carbons (Fsp3) is 0.200. The van der Waals surface area contributed by atoms with Crippen LogP contribution in [0.1, 0.15) is 11.4 Å². The van der Waals surface area contributed by atoms with Crippen molar-refractivity contribution in [2.45, 2.75) is 13.8 Å². The number of hydrogen-bond acceptors (Lipinski definition) is 6. The average Bonchev–Trinajstić information content (AvgIpc) is 2.85. The summed E-state index contributed by atoms with van der Waals surface area (Å²) in [6.07, 6.45) is 0. The molecule has 0 aliphatic rings. The Labute approximate surface area is 101 Å². The van der Waals surface area contributed by atoms with Gasteiger partial charge in [0.1, 0.15) is 0 Å². The first kappa shape index (κ1) is 10.2. The average molecular weight is 246 g/mol. The normalized spacial score (nSPS) is 10.9. The summed E-state index contributed by atoms with van der Waals surface area (Å²) < 4.78 is 1.80. The van der Waals surface area contributed by atoms with Crippen LogP contribution in [0.15, 0.2) is 17.5 Å². The molecule has 0 aliphatic carbocycles. The maximum atomic E-state index is 4.34. The van der Waals surface area contributed by atoms with Gasteiger partial charge in [0, 0.05) is 5.38 Å². The zero-order valence-electron chi connectivity index (χ0n) is 9.38. The zero-order chi connectivity index (χ0) is 11.8. The number of nitrogens with zero attached hydrogens (tertiary/aromatic N) is 5. The van der Waals surface area contributed by atoms with Gasteiger partial charge in [-0.25, -0.2) is 4.52 Å². The van der Waals surface area contributed by atoms with Crippen LogP contribution in [0.4, 0.5) is 11.8 Å². The molecule has 0 fully saturated rings. The third-order valence-corrected chi connectivity index (χ3v) is 3.22. The Balaban J connectivity index is 1.91. The first-order valence-corrected chi connectivity index (χ1v) is 5.98. The minimum Gasteiger partial charge on any atom is -0.306 e. The minimum absolute atomic E-state index is 0.540. The number of anilines is 2. The van der Waals surface area contributed by atoms with E-state index in [1.807, 2.05) is 31.4 Å². The second kappa shape index (κ2) is 3.77. The van der Waals surface area contributed by atoms with Gasteiger partial charge in [-0.15, -0.1) is 21.5 Å². The van der Waals surface area contributed by atoms with Crippen LogP contribution >= 0.6 is 11.3 Å². The molecule has 0 saturated carbocycles. The monoisotopic (exact) mass is 246 g/mol. The van der Waals surface area contributed by atoms with Gasteiger partial charge in [0.25, 0.3) is 0 Å². The third-order valence-electron chi connectivity index (χ3n) is 2.28. The Morgan fingerprint density at radius 3 is 2.82 bits per heavy atom. The summed E-state index contributed by atoms with van der Waals surface area (Å²) >= 11 is 1.56. The second-order valence-electron chi connectivity index (χ2n) is 3.69. The summed E-state index contributed by atoms with van der Waals surface area (Å²) in [6.45, 7) is 3.89. The predicted octanol–water partition coefficient (Wildman–Crippen LogP) is 1.94. The molecule has 0 aromatic carbocycles. The summed E-state index contributed by atoms with van der Waals surface area (Å²) in [5.41, 5.74) is 1.95. The highest BCUT2D eigenvalue weighted by molar-refractivity contribution is 7.15. The molecule has 1 N–H and O–H groups in total. The number of thiazole rings is 1. The maximum Gasteiger partial charge on any atom is 0.249 e. The van der Waals surface area contributed by atoms with Crippen molar-refractivity contribution in [3.63, 3.8) is 0 Å². The van der Waals surface area contributed by atoms with E-state index in [1.54, 1.807) is 15.9 Å². The molecule has 0 aliphatic heterocycles. The molecule has 86 valence electrons. The fourth-order valence-electron chi connectivity index (χ4n) is 1.42. The summed E-state index contributed by atoms with van der Waals surface area (Å²) in [6, 6.07) is 3.74. The predicted molar refractivity (Wildman–Crippen MR) is 65.7 cm³/mol. The van der Waals surface area contributed by atoms with Crippen LogP contribution in [-0.4, -0.2) is 24.8 Å². The van der Waals surface area contributed by atoms with Crippen LogP contribution in [0, 0.1) is 13.8 Å². The highest BCUT2D eigenvalue weighted by atomic mass is 32.1. The van der Waals surface area contributed by atoms with E-state index in [0.29, 0.717) is 11.8 Å². The lowest BCUT2D eigenvalue weighted by Crippen LogP contribution is -1.98. The molecular weight excluding hydrogens is 236 g/mol. The Hall–Kier alpha value is -2.02. The van der Waals surface area contributed by atoms with Crippen LogP contribution in [0.25, 0.3) is 4.96 Å². The van der Waals surface area contributed by atoms with Gasteiger partial charge in [-0.1, -0.05) is 0 Å². The zero-order valence-corrected chi connectivity index (χ0v) is 10.2. The number of fused-ring (bicyclic) bond motifs is 1. The molecule has 3 rings (SSSR count). The summed E-state index contributed by atoms with van der Waals surface area (Å²) in [5.74, 6) is 1.18. The van der Waals surface area contributed by atoms with E-state index in [2.05, 4.69) is 25.6 Å². The summed E-state index contributed by atoms with van der Waals surface area (Å²) in [7, 11) is 0. The second-order valence-corrected chi connectivity index (χ2v) is 4.53. The van der Waals surface area contributed by atoms with Gasteiger partial charge in [0.2, 0.25) is 10.9 Å². The Morgan fingerprint density at radius 1 is 1.24 bits per heavy atom. The first-order chi connectivity index (χ1) is 8.22. The number of nitrogens with one attached hydrogen (secondary N) is 1. The number of aromatic nitrogens is 5. The van der Waals surface area contributed by atoms with Gasteiger partial charge in [0.15, 0.2) is 5.82 Å². The van der Waals surface area contributed by atoms with Gasteiger partial charge >= 0.3 is 0 Å². The molecule has 0 amide bonds. The SMILES string of the molecule is Cc1ccc(Nc2nc3scc(C)n3n2)nn1. The molecule has 3 aromatic rings. The van der Waals surface area contributed by atoms with Crippen molar-refractivity contribution in [3.8, 4) is 0 Å². The molecule has 0 saturated heterocycles. The number of aryl methyl sites for hydroxylation is 2. The minimum atomic E-state index is 0.540. The van der Waals surface area contributed by atoms with E-state index in [1.165, 1.54) is 0 Å². The number of rotatable bonds is 2. The van der Waals surface area contributed by atoms with Crippen LogP contribution in [0.2, 0.25) is 0 Å². The van der Waals surface area contributed by atoms with Crippen LogP contribution in [0.5, 0.6) is 0 Å². The largest absolute Gasteiger partial charge is 0.306 e. The van der Waals surface area contributed by atoms with Gasteiger partial charge in [0.05, 0.1) is 11.4 Å². The summed E-state index contributed by atoms with van der Waals surface area (Å²) in [5, 5.41) is 17.3. The van der Waals surface area contributed by atoms with Crippen LogP contribution in [0.3, 0.4) is 0 Å². The quantitative estimate of drug-likeness (QED) is 0.748. The van der Waals surface area contributed by atoms with Crippen molar-refractivity contribution in [1.82, 2.24) is 24.8 Å². The van der Waals surface area contributed by atoms with Gasteiger partial charge in [-0.05, 0) is 26.0 Å². The highest BCUT2D eigenvalue weighted by Gasteiger charge is 2.07. The molecule has 3 heterocycles. The topological polar surface area (TPSA) is 68.0 Å². The molecule has 0 atom stereocenters. The Bertz CT molecular complexity index is 653. The van der Waals surface area contributed by atoms with E-state index in [-0.39, 0.29) is 0 Å². The molecule has 0 bridgehead atoms. The third kappa shape index (κ3) is 1.84. The number of hydrogen-bond donors (Lipinski definition) is 1. The lowest BCUT2D eigenvalue weighted by Gasteiger charge is -1.98. The van der Waals surface area contributed by atoms with Crippen molar-refractivity contribution in [1.29, 1.82) is 0 Å². The smallest absolute Gasteiger partial charge is 0.249 e. The Kier molecular flexibility index (Phi) is 2.25. The molecule has 17 heavy (non-hydrogen) atoms. The van der Waals surface area contributed by atoms with Crippen LogP contribution in [-0.2, 0) is 0 Å². The lowest BCUT2D eigenvalue weighted by atomic mass is 10.4. The van der Waals surface area contributed by atoms with Crippen LogP contribution < -0.4 is 5.32 Å². The van der Waals surface area contributed by atoms with Crippen molar-refractivity contribution in [3.05, 3.63) is 28.9 Å². The Morgan fingerprint density at radius 2 is 2.12 bits per heavy atom. The van der Waals surface area contributed by atoms with E-state index in [4.69, 9.17) is 0 Å². The maximum absolute atomic E-state index is 4.34. The molecule has 0 spiro atoms. The van der Waals surface area contributed by atoms with Gasteiger partial charge < -0.3 is 5.32 Å². The molecule has 3 aromatic heterocycles. The lowest BCUT2D eigenvalue weighted by molar-refractivity contribution is 0.930. The molecular formula is C10H10N6S. The molecule has 0 unspecified atom stereocenters. The van der Waals surface area contributed by atoms with E-state index >= 15 is 0 Å². The fourth-order valence-corrected chi connectivity index (χ4v) is 2.22. The first-order valence-electron chi connectivity index (χ1n) is 5.10. The van der Waals surface area contributed by atoms with Crippen molar-refractivity contribution >= 4 is 28.1 Å². The van der Waals surface area contributed by atoms with Gasteiger partial charge in [-0.2, -0.15) is 10.1 Å². The molecule has 0 radical (unpaired) electrons.